The summed E-state index contributed by atoms with van der Waals surface area (Å²) in [5, 5.41) is 36.3. The summed E-state index contributed by atoms with van der Waals surface area (Å²) in [6.07, 6.45) is 12.9. The van der Waals surface area contributed by atoms with Crippen LogP contribution in [0.15, 0.2) is 72.4 Å². The van der Waals surface area contributed by atoms with E-state index in [1.54, 1.807) is 27.6 Å². The molecule has 2 unspecified atom stereocenters. The van der Waals surface area contributed by atoms with Gasteiger partial charge in [-0.25, -0.2) is 15.0 Å². The Hall–Kier alpha value is -7.24. The number of nitrogens with zero attached hydrogens (tertiary/aromatic N) is 11. The van der Waals surface area contributed by atoms with E-state index in [0.717, 1.165) is 137 Å². The molecule has 502 valence electrons. The summed E-state index contributed by atoms with van der Waals surface area (Å²) >= 11 is 3.15. The van der Waals surface area contributed by atoms with Crippen LogP contribution in [0.25, 0.3) is 31.8 Å². The fourth-order valence-corrected chi connectivity index (χ4v) is 20.1. The molecule has 95 heavy (non-hydrogen) atoms. The summed E-state index contributed by atoms with van der Waals surface area (Å²) in [5.41, 5.74) is 9.74. The zero-order valence-electron chi connectivity index (χ0n) is 56.6. The molecule has 3 saturated heterocycles. The summed E-state index contributed by atoms with van der Waals surface area (Å²) in [5.74, 6) is -0.256. The van der Waals surface area contributed by atoms with Gasteiger partial charge in [0, 0.05) is 73.6 Å². The number of β-amino-alcohol motifs (C(OH)–C–C–N with tert-alkyl or cyclic N) is 1. The van der Waals surface area contributed by atoms with Gasteiger partial charge in [-0.3, -0.25) is 23.9 Å². The Labute approximate surface area is 565 Å². The molecule has 4 bridgehead atoms. The molecule has 22 heteroatoms. The van der Waals surface area contributed by atoms with Crippen molar-refractivity contribution >= 4 is 79.1 Å². The minimum atomic E-state index is -1.05. The number of aliphatic hydroxyl groups is 1. The van der Waals surface area contributed by atoms with Crippen LogP contribution in [0.1, 0.15) is 163 Å². The number of thiazole rings is 2. The molecule has 0 radical (unpaired) electrons. The summed E-state index contributed by atoms with van der Waals surface area (Å²) in [6, 6.07) is 17.7. The van der Waals surface area contributed by atoms with Crippen molar-refractivity contribution in [2.24, 2.45) is 27.6 Å². The lowest BCUT2D eigenvalue weighted by molar-refractivity contribution is -0.248. The maximum absolute atomic E-state index is 15.8. The molecule has 9 atom stereocenters. The number of anilines is 4. The first-order valence-electron chi connectivity index (χ1n) is 34.5. The molecule has 7 fully saturated rings. The van der Waals surface area contributed by atoms with E-state index in [2.05, 4.69) is 69.2 Å². The first-order valence-corrected chi connectivity index (χ1v) is 36.2. The molecule has 4 N–H and O–H groups in total. The third-order valence-electron chi connectivity index (χ3n) is 21.9. The molecule has 20 nitrogen and oxygen atoms in total. The zero-order chi connectivity index (χ0) is 66.3. The van der Waals surface area contributed by atoms with Crippen molar-refractivity contribution in [2.45, 2.75) is 182 Å². The van der Waals surface area contributed by atoms with Crippen molar-refractivity contribution in [3.8, 4) is 21.6 Å². The molecule has 5 aromatic heterocycles. The Kier molecular flexibility index (Phi) is 17.3. The number of hydrogen-bond acceptors (Lipinski definition) is 17. The molecule has 2 aromatic carbocycles. The molecular weight excluding hydrogens is 1230 g/mol. The first-order chi connectivity index (χ1) is 45.4. The van der Waals surface area contributed by atoms with E-state index in [-0.39, 0.29) is 70.8 Å². The fourth-order valence-electron chi connectivity index (χ4n) is 18.5. The Morgan fingerprint density at radius 2 is 1.59 bits per heavy atom. The van der Waals surface area contributed by atoms with Crippen molar-refractivity contribution in [3.05, 3.63) is 106 Å². The van der Waals surface area contributed by atoms with Gasteiger partial charge in [0.1, 0.15) is 23.6 Å². The fraction of sp³-hybridized carbons (Fsp3) is 0.562. The number of hydrogen-bond donors (Lipinski definition) is 4. The number of para-hydroxylation sites is 1. The third kappa shape index (κ3) is 12.9. The minimum absolute atomic E-state index is 0.00742. The van der Waals surface area contributed by atoms with Gasteiger partial charge < -0.3 is 45.4 Å². The van der Waals surface area contributed by atoms with Crippen molar-refractivity contribution < 1.29 is 29.0 Å². The highest BCUT2D eigenvalue weighted by molar-refractivity contribution is 7.22. The lowest BCUT2D eigenvalue weighted by atomic mass is 9.39. The SMILES string of the molecule is Cc1ncsc1-c1ccc([C@H](C)NC(=O)[C@@H]2C[C@@H](O)CN2C(=O)[C@@H](NC(=O)[C@@H]2CCCN(C(=O)c3nc(N4CCCc5c4nnc(Nc4nc6ccccc6s4)c5C)ccc3-c3cnn(CC45CC6(OCCN7CCCC7)C[C@](C)(C4)C[C@](C)(C5)C6)c3C)C2)C(C)(C)C)cc1. The molecule has 4 amide bonds. The van der Waals surface area contributed by atoms with Crippen molar-refractivity contribution in [1.82, 2.24) is 60.3 Å². The molecule has 9 heterocycles. The topological polar surface area (TPSA) is 229 Å². The molecular formula is C73H92N14O6S2. The second-order valence-corrected chi connectivity index (χ2v) is 32.8. The van der Waals surface area contributed by atoms with Gasteiger partial charge in [0.05, 0.1) is 62.8 Å². The van der Waals surface area contributed by atoms with E-state index in [1.165, 1.54) is 24.2 Å². The lowest BCUT2D eigenvalue weighted by Crippen LogP contribution is -2.64. The molecule has 4 aliphatic heterocycles. The summed E-state index contributed by atoms with van der Waals surface area (Å²) in [6.45, 7) is 24.6. The quantitative estimate of drug-likeness (QED) is 0.0626. The number of aromatic nitrogens is 7. The molecule has 4 aliphatic carbocycles. The maximum Gasteiger partial charge on any atom is 0.273 e. The van der Waals surface area contributed by atoms with Gasteiger partial charge in [-0.05, 0) is 175 Å². The van der Waals surface area contributed by atoms with Crippen molar-refractivity contribution in [1.29, 1.82) is 0 Å². The van der Waals surface area contributed by atoms with Crippen LogP contribution in [0, 0.1) is 48.3 Å². The van der Waals surface area contributed by atoms with Gasteiger partial charge in [0.2, 0.25) is 17.7 Å². The van der Waals surface area contributed by atoms with Crippen LogP contribution in [0.3, 0.4) is 0 Å². The molecule has 4 saturated carbocycles. The van der Waals surface area contributed by atoms with Crippen LogP contribution in [0.4, 0.5) is 22.6 Å². The molecule has 15 rings (SSSR count). The highest BCUT2D eigenvalue weighted by atomic mass is 32.1. The minimum Gasteiger partial charge on any atom is -0.391 e. The summed E-state index contributed by atoms with van der Waals surface area (Å²) in [4.78, 5) is 83.3. The van der Waals surface area contributed by atoms with E-state index in [4.69, 9.17) is 30.0 Å². The summed E-state index contributed by atoms with van der Waals surface area (Å²) < 4.78 is 10.4. The van der Waals surface area contributed by atoms with Crippen LogP contribution in [-0.2, 0) is 32.1 Å². The third-order valence-corrected chi connectivity index (χ3v) is 23.9. The monoisotopic (exact) mass is 1320 g/mol. The van der Waals surface area contributed by atoms with Crippen LogP contribution >= 0.6 is 22.7 Å². The number of rotatable bonds is 18. The number of nitrogens with one attached hydrogen (secondary N) is 3. The van der Waals surface area contributed by atoms with Gasteiger partial charge in [-0.2, -0.15) is 5.10 Å². The van der Waals surface area contributed by atoms with Gasteiger partial charge in [-0.15, -0.1) is 21.5 Å². The number of ether oxygens (including phenoxy) is 1. The second kappa shape index (κ2) is 25.3. The number of likely N-dealkylation sites (tertiary alicyclic amines) is 3. The Morgan fingerprint density at radius 3 is 2.33 bits per heavy atom. The summed E-state index contributed by atoms with van der Waals surface area (Å²) in [7, 11) is 0. The smallest absolute Gasteiger partial charge is 0.273 e. The van der Waals surface area contributed by atoms with E-state index in [1.807, 2.05) is 101 Å². The average Bonchev–Trinajstić information content (AvgIpc) is 1.21. The Balaban J connectivity index is 0.726. The predicted octanol–water partition coefficient (Wildman–Crippen LogP) is 11.7. The number of piperidine rings is 1. The maximum atomic E-state index is 15.8. The van der Waals surface area contributed by atoms with E-state index < -0.39 is 35.4 Å². The molecule has 7 aromatic rings. The van der Waals surface area contributed by atoms with E-state index in [9.17, 15) is 19.5 Å². The average molecular weight is 1330 g/mol. The normalized spacial score (nSPS) is 26.5. The van der Waals surface area contributed by atoms with Crippen LogP contribution in [0.2, 0.25) is 0 Å². The lowest BCUT2D eigenvalue weighted by Gasteiger charge is -2.69. The Bertz CT molecular complexity index is 4020. The van der Waals surface area contributed by atoms with Crippen LogP contribution in [0.5, 0.6) is 0 Å². The van der Waals surface area contributed by atoms with Gasteiger partial charge in [-0.1, -0.05) is 82.4 Å². The van der Waals surface area contributed by atoms with Crippen LogP contribution in [-0.4, -0.2) is 155 Å². The van der Waals surface area contributed by atoms with E-state index >= 15 is 4.79 Å². The zero-order valence-corrected chi connectivity index (χ0v) is 58.2. The number of aryl methyl sites for hydroxylation is 1. The van der Waals surface area contributed by atoms with Crippen molar-refractivity contribution in [3.63, 3.8) is 0 Å². The number of aliphatic hydroxyl groups excluding tert-OH is 1. The highest BCUT2D eigenvalue weighted by Gasteiger charge is 2.66. The van der Waals surface area contributed by atoms with Crippen molar-refractivity contribution in [2.75, 3.05) is 62.6 Å². The number of carbonyl (C=O) groups excluding carboxylic acids is 4. The highest BCUT2D eigenvalue weighted by Crippen LogP contribution is 2.72. The van der Waals surface area contributed by atoms with Crippen LogP contribution < -0.4 is 20.9 Å². The number of amides is 4. The Morgan fingerprint density at radius 1 is 0.821 bits per heavy atom. The second-order valence-electron chi connectivity index (χ2n) is 30.9. The van der Waals surface area contributed by atoms with E-state index in [0.29, 0.717) is 48.9 Å². The standard InChI is InChI=1S/C73H92N14O6S2/c1-44-52-17-15-29-85(63(52)82-81-62(44)80-68-77-55-18-10-11-19-57(55)95-68)58-25-24-53(54-33-75-87(47(54)4)42-72-37-70(8)36-71(9,38-72)40-73(39-70,41-72)93-31-30-83-26-12-13-27-83)59(78-58)66(91)84-28-14-16-50(34-84)64(89)79-61(69(5,6)7)67(92)86-35-51(88)32-56(86)65(90)76-45(2)48-20-22-49(23-21-48)60-46(3)74-43-94-60/h10-11,18-25,33,43,45,50-51,56,61,88H,12-17,26-32,34-42H2,1-9H3,(H,76,90)(H,79,89)(H,77,80,81)/t45-,50+,51+,56-,61+,70-,71+,72?,73?/m0/s1. The van der Waals surface area contributed by atoms with Gasteiger partial charge in [0.25, 0.3) is 5.91 Å². The predicted molar refractivity (Wildman–Crippen MR) is 371 cm³/mol. The number of carbonyl (C=O) groups is 4. The molecule has 8 aliphatic rings. The largest absolute Gasteiger partial charge is 0.391 e. The number of pyridine rings is 1. The van der Waals surface area contributed by atoms with Gasteiger partial charge in [0.15, 0.2) is 16.8 Å². The first kappa shape index (κ1) is 65.1. The van der Waals surface area contributed by atoms with Gasteiger partial charge >= 0.3 is 0 Å². The molecule has 0 spiro atoms. The number of fused-ring (bicyclic) bond motifs is 2. The number of benzene rings is 2.